The van der Waals surface area contributed by atoms with Crippen molar-refractivity contribution >= 4 is 58.4 Å². The topological polar surface area (TPSA) is 53.0 Å². The number of hydrogen-bond acceptors (Lipinski definition) is 7. The standard InChI is InChI=1S/C20H27N5OS.2ClH/c1-4-17-23-18-19(25-11-10-24(2)14(13-25)9-12-26-3)21-15-7-5-6-8-16(15)22-20(18)27-17;;/h5-8,14,22H,4,9-13H2,1-3H3;2*1H. The number of para-hydroxylation sites is 2. The van der Waals surface area contributed by atoms with Gasteiger partial charge in [-0.2, -0.15) is 0 Å². The Morgan fingerprint density at radius 1 is 1.24 bits per heavy atom. The molecule has 2 aromatic rings. The van der Waals surface area contributed by atoms with Crippen molar-refractivity contribution in [3.63, 3.8) is 0 Å². The average molecular weight is 458 g/mol. The Morgan fingerprint density at radius 3 is 2.79 bits per heavy atom. The number of aliphatic imine (C=N–C) groups is 1. The lowest BCUT2D eigenvalue weighted by atomic mass is 10.1. The second kappa shape index (κ2) is 10.6. The molecule has 0 aliphatic carbocycles. The number of piperazine rings is 1. The van der Waals surface area contributed by atoms with Gasteiger partial charge in [-0.1, -0.05) is 19.1 Å². The van der Waals surface area contributed by atoms with Crippen LogP contribution in [-0.4, -0.2) is 67.1 Å². The van der Waals surface area contributed by atoms with E-state index >= 15 is 0 Å². The van der Waals surface area contributed by atoms with Crippen molar-refractivity contribution in [3.05, 3.63) is 35.0 Å². The van der Waals surface area contributed by atoms with E-state index < -0.39 is 0 Å². The van der Waals surface area contributed by atoms with Crippen molar-refractivity contribution in [1.29, 1.82) is 0 Å². The second-order valence-corrected chi connectivity index (χ2v) is 8.16. The first-order chi connectivity index (χ1) is 13.2. The highest BCUT2D eigenvalue weighted by molar-refractivity contribution is 7.16. The smallest absolute Gasteiger partial charge is 0.158 e. The molecule has 2 aliphatic rings. The highest BCUT2D eigenvalue weighted by atomic mass is 35.5. The van der Waals surface area contributed by atoms with Crippen molar-refractivity contribution in [3.8, 4) is 0 Å². The van der Waals surface area contributed by atoms with Crippen LogP contribution in [0.25, 0.3) is 0 Å². The molecule has 0 radical (unpaired) electrons. The lowest BCUT2D eigenvalue weighted by Crippen LogP contribution is -2.53. The van der Waals surface area contributed by atoms with E-state index in [1.54, 1.807) is 18.4 Å². The van der Waals surface area contributed by atoms with Crippen LogP contribution in [0, 0.1) is 0 Å². The number of aromatic nitrogens is 1. The normalized spacial score (nSPS) is 18.4. The summed E-state index contributed by atoms with van der Waals surface area (Å²) in [6.07, 6.45) is 1.96. The highest BCUT2D eigenvalue weighted by Crippen LogP contribution is 2.38. The Morgan fingerprint density at radius 2 is 2.03 bits per heavy atom. The number of rotatable bonds is 4. The summed E-state index contributed by atoms with van der Waals surface area (Å²) in [6.45, 7) is 5.85. The number of nitrogens with zero attached hydrogens (tertiary/aromatic N) is 4. The van der Waals surface area contributed by atoms with Gasteiger partial charge in [0.15, 0.2) is 5.84 Å². The Bertz CT molecular complexity index is 844. The van der Waals surface area contributed by atoms with Gasteiger partial charge in [-0.15, -0.1) is 36.2 Å². The zero-order valence-electron chi connectivity index (χ0n) is 17.1. The lowest BCUT2D eigenvalue weighted by Gasteiger charge is -2.40. The van der Waals surface area contributed by atoms with Gasteiger partial charge in [-0.05, 0) is 32.0 Å². The Balaban J connectivity index is 0.00000150. The van der Waals surface area contributed by atoms with Gasteiger partial charge in [0.05, 0.1) is 16.4 Å². The third-order valence-corrected chi connectivity index (χ3v) is 6.41. The largest absolute Gasteiger partial charge is 0.385 e. The number of likely N-dealkylation sites (N-methyl/N-ethyl adjacent to an activating group) is 1. The van der Waals surface area contributed by atoms with E-state index in [0.717, 1.165) is 72.0 Å². The molecule has 1 atom stereocenters. The number of benzene rings is 1. The van der Waals surface area contributed by atoms with Crippen molar-refractivity contribution in [2.45, 2.75) is 25.8 Å². The van der Waals surface area contributed by atoms with Gasteiger partial charge in [-0.3, -0.25) is 4.90 Å². The summed E-state index contributed by atoms with van der Waals surface area (Å²) in [5, 5.41) is 5.81. The van der Waals surface area contributed by atoms with Crippen LogP contribution < -0.4 is 5.32 Å². The van der Waals surface area contributed by atoms with Gasteiger partial charge >= 0.3 is 0 Å². The molecule has 1 N–H and O–H groups in total. The molecule has 3 heterocycles. The highest BCUT2D eigenvalue weighted by Gasteiger charge is 2.30. The number of anilines is 2. The minimum atomic E-state index is 0. The first kappa shape index (κ1) is 23.9. The number of halogens is 2. The van der Waals surface area contributed by atoms with Crippen LogP contribution in [-0.2, 0) is 11.2 Å². The maximum absolute atomic E-state index is 5.32. The van der Waals surface area contributed by atoms with Crippen molar-refractivity contribution in [2.24, 2.45) is 4.99 Å². The lowest BCUT2D eigenvalue weighted by molar-refractivity contribution is 0.100. The minimum Gasteiger partial charge on any atom is -0.385 e. The number of fused-ring (bicyclic) bond motifs is 2. The summed E-state index contributed by atoms with van der Waals surface area (Å²) in [6, 6.07) is 8.70. The molecule has 0 saturated carbocycles. The molecule has 1 fully saturated rings. The van der Waals surface area contributed by atoms with E-state index in [9.17, 15) is 0 Å². The number of methoxy groups -OCH3 is 1. The number of thiazole rings is 1. The maximum Gasteiger partial charge on any atom is 0.158 e. The summed E-state index contributed by atoms with van der Waals surface area (Å²) in [4.78, 5) is 14.8. The summed E-state index contributed by atoms with van der Waals surface area (Å²) >= 11 is 1.74. The number of ether oxygens (including phenoxy) is 1. The molecule has 2 aliphatic heterocycles. The fourth-order valence-corrected chi connectivity index (χ4v) is 4.55. The molecule has 29 heavy (non-hydrogen) atoms. The molecule has 1 unspecified atom stereocenters. The Labute approximate surface area is 189 Å². The van der Waals surface area contributed by atoms with Gasteiger partial charge in [0.2, 0.25) is 0 Å². The number of amidine groups is 1. The van der Waals surface area contributed by atoms with E-state index in [1.165, 1.54) is 0 Å². The fourth-order valence-electron chi connectivity index (χ4n) is 3.64. The number of hydrogen-bond donors (Lipinski definition) is 1. The van der Waals surface area contributed by atoms with Crippen LogP contribution >= 0.6 is 36.2 Å². The van der Waals surface area contributed by atoms with Crippen molar-refractivity contribution in [2.75, 3.05) is 45.7 Å². The number of nitrogens with one attached hydrogen (secondary N) is 1. The third-order valence-electron chi connectivity index (χ3n) is 5.30. The first-order valence-corrected chi connectivity index (χ1v) is 10.4. The predicted molar refractivity (Wildman–Crippen MR) is 126 cm³/mol. The van der Waals surface area contributed by atoms with Gasteiger partial charge in [-0.25, -0.2) is 9.98 Å². The Kier molecular flexibility index (Phi) is 8.73. The van der Waals surface area contributed by atoms with Crippen LogP contribution in [0.1, 0.15) is 24.0 Å². The molecule has 0 bridgehead atoms. The van der Waals surface area contributed by atoms with E-state index in [4.69, 9.17) is 14.7 Å². The first-order valence-electron chi connectivity index (χ1n) is 9.58. The summed E-state index contributed by atoms with van der Waals surface area (Å²) < 4.78 is 5.32. The Hall–Kier alpha value is -1.38. The molecular weight excluding hydrogens is 429 g/mol. The number of aryl methyl sites for hydroxylation is 1. The van der Waals surface area contributed by atoms with E-state index in [2.05, 4.69) is 41.2 Å². The van der Waals surface area contributed by atoms with E-state index in [1.807, 2.05) is 12.1 Å². The quantitative estimate of drug-likeness (QED) is 0.739. The molecule has 1 aromatic carbocycles. The second-order valence-electron chi connectivity index (χ2n) is 7.08. The van der Waals surface area contributed by atoms with Gasteiger partial charge in [0.25, 0.3) is 0 Å². The van der Waals surface area contributed by atoms with Crippen LogP contribution in [0.5, 0.6) is 0 Å². The molecule has 1 saturated heterocycles. The molecular formula is C20H29Cl2N5OS. The van der Waals surface area contributed by atoms with Crippen molar-refractivity contribution < 1.29 is 4.74 Å². The van der Waals surface area contributed by atoms with E-state index in [0.29, 0.717) is 6.04 Å². The predicted octanol–water partition coefficient (Wildman–Crippen LogP) is 4.34. The molecule has 4 rings (SSSR count). The fraction of sp³-hybridized carbons (Fsp3) is 0.500. The molecule has 0 spiro atoms. The molecule has 1 aromatic heterocycles. The molecule has 0 amide bonds. The molecule has 9 heteroatoms. The maximum atomic E-state index is 5.32. The monoisotopic (exact) mass is 457 g/mol. The minimum absolute atomic E-state index is 0. The van der Waals surface area contributed by atoms with Crippen LogP contribution in [0.15, 0.2) is 29.3 Å². The van der Waals surface area contributed by atoms with Gasteiger partial charge < -0.3 is 15.0 Å². The zero-order valence-corrected chi connectivity index (χ0v) is 19.5. The SMILES string of the molecule is CCc1nc2c(s1)Nc1ccccc1N=C2N1CCN(C)C(CCOC)C1.Cl.Cl. The van der Waals surface area contributed by atoms with Crippen molar-refractivity contribution in [1.82, 2.24) is 14.8 Å². The van der Waals surface area contributed by atoms with Gasteiger partial charge in [0, 0.05) is 39.4 Å². The summed E-state index contributed by atoms with van der Waals surface area (Å²) in [5.74, 6) is 0.994. The van der Waals surface area contributed by atoms with Crippen LogP contribution in [0.3, 0.4) is 0 Å². The zero-order chi connectivity index (χ0) is 18.8. The molecule has 6 nitrogen and oxygen atoms in total. The van der Waals surface area contributed by atoms with Crippen LogP contribution in [0.2, 0.25) is 0 Å². The molecule has 160 valence electrons. The average Bonchev–Trinajstić information content (AvgIpc) is 3.02. The van der Waals surface area contributed by atoms with Gasteiger partial charge in [0.1, 0.15) is 10.7 Å². The summed E-state index contributed by atoms with van der Waals surface area (Å²) in [7, 11) is 3.97. The third kappa shape index (κ3) is 5.03. The van der Waals surface area contributed by atoms with E-state index in [-0.39, 0.29) is 24.8 Å². The summed E-state index contributed by atoms with van der Waals surface area (Å²) in [5.41, 5.74) is 3.01. The van der Waals surface area contributed by atoms with Crippen LogP contribution in [0.4, 0.5) is 16.4 Å².